The number of hydrogen-bond acceptors (Lipinski definition) is 8. The fourth-order valence-electron chi connectivity index (χ4n) is 3.80. The van der Waals surface area contributed by atoms with Crippen molar-refractivity contribution < 1.29 is 9.21 Å². The number of hydrogen-bond donors (Lipinski definition) is 1. The van der Waals surface area contributed by atoms with Crippen LogP contribution in [-0.4, -0.2) is 37.5 Å². The van der Waals surface area contributed by atoms with E-state index in [1.54, 1.807) is 11.3 Å². The maximum absolute atomic E-state index is 13.0. The van der Waals surface area contributed by atoms with Gasteiger partial charge in [-0.25, -0.2) is 4.98 Å². The van der Waals surface area contributed by atoms with Gasteiger partial charge in [0.15, 0.2) is 5.13 Å². The van der Waals surface area contributed by atoms with Crippen LogP contribution in [0.5, 0.6) is 0 Å². The van der Waals surface area contributed by atoms with Gasteiger partial charge in [-0.2, -0.15) is 0 Å². The highest BCUT2D eigenvalue weighted by atomic mass is 32.1. The minimum Gasteiger partial charge on any atom is -0.425 e. The van der Waals surface area contributed by atoms with Crippen molar-refractivity contribution in [3.8, 4) is 0 Å². The Morgan fingerprint density at radius 1 is 1.26 bits per heavy atom. The molecule has 1 amide bonds. The highest BCUT2D eigenvalue weighted by Gasteiger charge is 2.31. The maximum Gasteiger partial charge on any atom is 0.223 e. The lowest BCUT2D eigenvalue weighted by molar-refractivity contribution is -0.132. The van der Waals surface area contributed by atoms with Crippen LogP contribution in [0.2, 0.25) is 0 Å². The summed E-state index contributed by atoms with van der Waals surface area (Å²) in [5.41, 5.74) is 3.78. The first-order valence-corrected chi connectivity index (χ1v) is 11.6. The van der Waals surface area contributed by atoms with E-state index in [1.165, 1.54) is 0 Å². The molecule has 3 aromatic rings. The summed E-state index contributed by atoms with van der Waals surface area (Å²) in [6, 6.07) is 4.02. The Kier molecular flexibility index (Phi) is 6.31. The largest absolute Gasteiger partial charge is 0.425 e. The smallest absolute Gasteiger partial charge is 0.223 e. The van der Waals surface area contributed by atoms with Crippen LogP contribution in [-0.2, 0) is 11.2 Å². The molecule has 4 heterocycles. The third-order valence-electron chi connectivity index (χ3n) is 5.29. The van der Waals surface area contributed by atoms with Crippen molar-refractivity contribution in [1.82, 2.24) is 25.1 Å². The molecule has 1 unspecified atom stereocenters. The van der Waals surface area contributed by atoms with Gasteiger partial charge in [-0.15, -0.1) is 21.5 Å². The topological polar surface area (TPSA) is 97.0 Å². The van der Waals surface area contributed by atoms with E-state index in [-0.39, 0.29) is 17.9 Å². The minimum atomic E-state index is -0.0140. The number of nitrogens with one attached hydrogen (secondary N) is 1. The van der Waals surface area contributed by atoms with Gasteiger partial charge in [0.1, 0.15) is 0 Å². The molecule has 0 saturated carbocycles. The van der Waals surface area contributed by atoms with Crippen LogP contribution in [0.3, 0.4) is 0 Å². The molecule has 0 radical (unpaired) electrons. The van der Waals surface area contributed by atoms with Crippen molar-refractivity contribution in [3.05, 3.63) is 46.4 Å². The molecule has 0 bridgehead atoms. The predicted octanol–water partition coefficient (Wildman–Crippen LogP) is 4.70. The lowest BCUT2D eigenvalue weighted by Crippen LogP contribution is -2.31. The average Bonchev–Trinajstić information content (AvgIpc) is 3.46. The van der Waals surface area contributed by atoms with Gasteiger partial charge in [-0.3, -0.25) is 9.78 Å². The molecule has 4 rings (SSSR count). The SMILES string of the molecule is Cc1cc(Nc2nc(C)cs2)cc(C2CCCN2C(=O)CCc2nnc(C(C)C)o2)n1. The van der Waals surface area contributed by atoms with Crippen molar-refractivity contribution in [2.75, 3.05) is 11.9 Å². The number of aryl methyl sites for hydroxylation is 3. The summed E-state index contributed by atoms with van der Waals surface area (Å²) in [6.45, 7) is 8.71. The molecule has 8 nitrogen and oxygen atoms in total. The Bertz CT molecular complexity index is 1060. The molecule has 31 heavy (non-hydrogen) atoms. The number of amides is 1. The summed E-state index contributed by atoms with van der Waals surface area (Å²) in [5.74, 6) is 1.41. The number of aromatic nitrogens is 4. The molecule has 1 atom stereocenters. The maximum atomic E-state index is 13.0. The summed E-state index contributed by atoms with van der Waals surface area (Å²) < 4.78 is 5.64. The summed E-state index contributed by atoms with van der Waals surface area (Å²) in [4.78, 5) is 24.2. The fraction of sp³-hybridized carbons (Fsp3) is 0.500. The summed E-state index contributed by atoms with van der Waals surface area (Å²) in [6.07, 6.45) is 2.69. The lowest BCUT2D eigenvalue weighted by Gasteiger charge is -2.25. The molecule has 164 valence electrons. The molecule has 0 aromatic carbocycles. The van der Waals surface area contributed by atoms with Crippen LogP contribution in [0.15, 0.2) is 21.9 Å². The molecule has 0 spiro atoms. The number of likely N-dealkylation sites (tertiary alicyclic amines) is 1. The van der Waals surface area contributed by atoms with Crippen molar-refractivity contribution in [3.63, 3.8) is 0 Å². The second-order valence-corrected chi connectivity index (χ2v) is 9.13. The van der Waals surface area contributed by atoms with Gasteiger partial charge >= 0.3 is 0 Å². The first kappa shape index (κ1) is 21.4. The number of rotatable bonds is 7. The number of pyridine rings is 1. The summed E-state index contributed by atoms with van der Waals surface area (Å²) in [7, 11) is 0. The quantitative estimate of drug-likeness (QED) is 0.568. The molecule has 1 N–H and O–H groups in total. The number of carbonyl (C=O) groups is 1. The zero-order valence-electron chi connectivity index (χ0n) is 18.4. The monoisotopic (exact) mass is 440 g/mol. The van der Waals surface area contributed by atoms with Gasteiger partial charge in [-0.05, 0) is 38.8 Å². The van der Waals surface area contributed by atoms with Crippen molar-refractivity contribution in [2.45, 2.75) is 65.3 Å². The van der Waals surface area contributed by atoms with E-state index in [0.717, 1.165) is 47.3 Å². The Morgan fingerprint density at radius 2 is 2.10 bits per heavy atom. The van der Waals surface area contributed by atoms with E-state index in [1.807, 2.05) is 50.1 Å². The van der Waals surface area contributed by atoms with Crippen molar-refractivity contribution >= 4 is 28.1 Å². The highest BCUT2D eigenvalue weighted by Crippen LogP contribution is 2.33. The Balaban J connectivity index is 1.45. The first-order chi connectivity index (χ1) is 14.9. The summed E-state index contributed by atoms with van der Waals surface area (Å²) >= 11 is 1.57. The van der Waals surface area contributed by atoms with Crippen LogP contribution < -0.4 is 5.32 Å². The molecule has 1 saturated heterocycles. The van der Waals surface area contributed by atoms with Gasteiger partial charge in [0.2, 0.25) is 17.7 Å². The van der Waals surface area contributed by atoms with Gasteiger partial charge < -0.3 is 14.6 Å². The van der Waals surface area contributed by atoms with E-state index in [2.05, 4.69) is 20.5 Å². The zero-order valence-corrected chi connectivity index (χ0v) is 19.2. The minimum absolute atomic E-state index is 0.0140. The van der Waals surface area contributed by atoms with E-state index in [9.17, 15) is 4.79 Å². The Hall–Kier alpha value is -2.81. The number of nitrogens with zero attached hydrogens (tertiary/aromatic N) is 5. The molecular weight excluding hydrogens is 412 g/mol. The van der Waals surface area contributed by atoms with E-state index in [4.69, 9.17) is 9.40 Å². The van der Waals surface area contributed by atoms with Crippen LogP contribution in [0, 0.1) is 13.8 Å². The van der Waals surface area contributed by atoms with Crippen LogP contribution in [0.25, 0.3) is 0 Å². The van der Waals surface area contributed by atoms with E-state index >= 15 is 0 Å². The number of thiazole rings is 1. The van der Waals surface area contributed by atoms with E-state index < -0.39 is 0 Å². The predicted molar refractivity (Wildman–Crippen MR) is 120 cm³/mol. The van der Waals surface area contributed by atoms with Crippen LogP contribution >= 0.6 is 11.3 Å². The number of anilines is 2. The third-order valence-corrected chi connectivity index (χ3v) is 6.16. The second kappa shape index (κ2) is 9.13. The third kappa shape index (κ3) is 5.10. The standard InChI is InChI=1S/C22H28N6O2S/c1-13(2)21-27-26-19(30-21)7-8-20(29)28-9-5-6-18(28)17-11-16(10-14(3)23-17)25-22-24-15(4)12-31-22/h10-13,18H,5-9H2,1-4H3,(H,23,24,25). The summed E-state index contributed by atoms with van der Waals surface area (Å²) in [5, 5.41) is 14.4. The highest BCUT2D eigenvalue weighted by molar-refractivity contribution is 7.13. The van der Waals surface area contributed by atoms with Crippen LogP contribution in [0.4, 0.5) is 10.8 Å². The fourth-order valence-corrected chi connectivity index (χ4v) is 4.51. The molecule has 9 heteroatoms. The van der Waals surface area contributed by atoms with Gasteiger partial charge in [0.05, 0.1) is 17.4 Å². The zero-order chi connectivity index (χ0) is 22.0. The van der Waals surface area contributed by atoms with Gasteiger partial charge in [-0.1, -0.05) is 13.8 Å². The lowest BCUT2D eigenvalue weighted by atomic mass is 10.1. The average molecular weight is 441 g/mol. The van der Waals surface area contributed by atoms with Crippen LogP contribution in [0.1, 0.15) is 73.9 Å². The molecule has 3 aromatic heterocycles. The number of carbonyl (C=O) groups excluding carboxylic acids is 1. The first-order valence-electron chi connectivity index (χ1n) is 10.7. The van der Waals surface area contributed by atoms with Crippen molar-refractivity contribution in [1.29, 1.82) is 0 Å². The van der Waals surface area contributed by atoms with E-state index in [0.29, 0.717) is 24.6 Å². The van der Waals surface area contributed by atoms with Crippen molar-refractivity contribution in [2.24, 2.45) is 0 Å². The molecule has 0 aliphatic carbocycles. The van der Waals surface area contributed by atoms with Gasteiger partial charge in [0.25, 0.3) is 0 Å². The van der Waals surface area contributed by atoms with Gasteiger partial charge in [0, 0.05) is 42.1 Å². The second-order valence-electron chi connectivity index (χ2n) is 8.28. The Labute approximate surface area is 186 Å². The normalized spacial score (nSPS) is 16.3. The Morgan fingerprint density at radius 3 is 2.81 bits per heavy atom. The molecule has 1 aliphatic heterocycles. The molecule has 1 aliphatic rings. The molecular formula is C22H28N6O2S. The molecule has 1 fully saturated rings.